The zero-order valence-corrected chi connectivity index (χ0v) is 21.2. The topological polar surface area (TPSA) is 130 Å². The molecule has 0 radical (unpaired) electrons. The molecule has 0 bridgehead atoms. The van der Waals surface area contributed by atoms with Crippen molar-refractivity contribution in [3.63, 3.8) is 0 Å². The SMILES string of the molecule is Cc1nnc(SCC2=C(C(=O)O)N3C(=O)C(NC(=O)c4c(Br)c(C(F)(F)F)nn4C)C3SC2)s1. The average molecular weight is 599 g/mol. The number of aryl methyl sites for hydroxylation is 2. The predicted octanol–water partition coefficient (Wildman–Crippen LogP) is 2.51. The van der Waals surface area contributed by atoms with Gasteiger partial charge in [-0.3, -0.25) is 19.2 Å². The van der Waals surface area contributed by atoms with Crippen molar-refractivity contribution in [1.29, 1.82) is 0 Å². The van der Waals surface area contributed by atoms with Crippen molar-refractivity contribution in [3.05, 3.63) is 32.1 Å². The van der Waals surface area contributed by atoms with Crippen LogP contribution in [0.1, 0.15) is 21.2 Å². The number of thioether (sulfide) groups is 2. The molecular weight excluding hydrogens is 585 g/mol. The Hall–Kier alpha value is -2.11. The molecule has 4 heterocycles. The van der Waals surface area contributed by atoms with Gasteiger partial charge in [-0.15, -0.1) is 22.0 Å². The predicted molar refractivity (Wildman–Crippen MR) is 120 cm³/mol. The number of hydrogen-bond acceptors (Lipinski definition) is 9. The molecule has 2 aromatic rings. The van der Waals surface area contributed by atoms with Crippen molar-refractivity contribution in [2.45, 2.75) is 28.9 Å². The molecule has 2 atom stereocenters. The fourth-order valence-electron chi connectivity index (χ4n) is 3.42. The molecule has 0 saturated carbocycles. The lowest BCUT2D eigenvalue weighted by Gasteiger charge is -2.49. The number of carboxylic acids is 1. The highest BCUT2D eigenvalue weighted by Crippen LogP contribution is 2.42. The molecule has 2 N–H and O–H groups in total. The second-order valence-corrected chi connectivity index (χ2v) is 11.4. The summed E-state index contributed by atoms with van der Waals surface area (Å²) in [6.07, 6.45) is -4.78. The van der Waals surface area contributed by atoms with Crippen molar-refractivity contribution in [2.75, 3.05) is 11.5 Å². The van der Waals surface area contributed by atoms with Crippen molar-refractivity contribution in [3.8, 4) is 0 Å². The monoisotopic (exact) mass is 598 g/mol. The molecule has 2 aliphatic rings. The summed E-state index contributed by atoms with van der Waals surface area (Å²) in [6, 6.07) is -1.09. The molecular formula is C17H14BrF3N6O4S3. The van der Waals surface area contributed by atoms with Gasteiger partial charge >= 0.3 is 12.1 Å². The van der Waals surface area contributed by atoms with Crippen molar-refractivity contribution < 1.29 is 32.7 Å². The minimum absolute atomic E-state index is 0.158. The molecule has 182 valence electrons. The Bertz CT molecular complexity index is 1230. The number of rotatable bonds is 6. The Morgan fingerprint density at radius 1 is 1.35 bits per heavy atom. The van der Waals surface area contributed by atoms with Crippen molar-refractivity contribution in [1.82, 2.24) is 30.2 Å². The Labute approximate surface area is 210 Å². The molecule has 1 saturated heterocycles. The van der Waals surface area contributed by atoms with Crippen LogP contribution in [-0.2, 0) is 22.8 Å². The Morgan fingerprint density at radius 3 is 2.62 bits per heavy atom. The fourth-order valence-corrected chi connectivity index (χ4v) is 7.46. The first-order valence-electron chi connectivity index (χ1n) is 9.33. The van der Waals surface area contributed by atoms with E-state index in [9.17, 15) is 32.7 Å². The highest BCUT2D eigenvalue weighted by atomic mass is 79.9. The van der Waals surface area contributed by atoms with Crippen LogP contribution in [0.4, 0.5) is 13.2 Å². The van der Waals surface area contributed by atoms with Gasteiger partial charge in [0.15, 0.2) is 10.0 Å². The number of aliphatic carboxylic acids is 1. The number of aromatic nitrogens is 4. The van der Waals surface area contributed by atoms with Gasteiger partial charge in [-0.2, -0.15) is 18.3 Å². The standard InChI is InChI=1S/C17H14BrF3N6O4S3/c1-5-23-24-16(34-5)33-4-6-3-32-14-8(13(29)27(14)9(6)15(30)31)22-12(28)10-7(18)11(17(19,20)21)25-26(10)2/h8,14H,3-4H2,1-2H3,(H,22,28)(H,30,31). The zero-order chi connectivity index (χ0) is 24.9. The second-order valence-electron chi connectivity index (χ2n) is 7.13. The van der Waals surface area contributed by atoms with Crippen LogP contribution in [0.15, 0.2) is 20.1 Å². The molecule has 0 aromatic carbocycles. The van der Waals surface area contributed by atoms with E-state index in [1.54, 1.807) is 6.92 Å². The van der Waals surface area contributed by atoms with E-state index in [2.05, 4.69) is 36.5 Å². The molecule has 17 heteroatoms. The van der Waals surface area contributed by atoms with E-state index in [1.165, 1.54) is 41.9 Å². The third-order valence-electron chi connectivity index (χ3n) is 4.89. The van der Waals surface area contributed by atoms with Crippen LogP contribution in [0.25, 0.3) is 0 Å². The number of carbonyl (C=O) groups excluding carboxylic acids is 2. The third-order valence-corrected chi connectivity index (χ3v) is 9.04. The smallest absolute Gasteiger partial charge is 0.436 e. The highest BCUT2D eigenvalue weighted by molar-refractivity contribution is 9.10. The summed E-state index contributed by atoms with van der Waals surface area (Å²) in [6.45, 7) is 1.80. The highest BCUT2D eigenvalue weighted by Gasteiger charge is 2.54. The Kier molecular flexibility index (Phi) is 6.73. The Balaban J connectivity index is 1.51. The van der Waals surface area contributed by atoms with Gasteiger partial charge in [0.05, 0.1) is 4.47 Å². The molecule has 2 amide bonds. The van der Waals surface area contributed by atoms with Crippen LogP contribution in [0.2, 0.25) is 0 Å². The summed E-state index contributed by atoms with van der Waals surface area (Å²) < 4.78 is 40.1. The third kappa shape index (κ3) is 4.45. The first-order valence-corrected chi connectivity index (χ1v) is 13.0. The number of nitrogens with one attached hydrogen (secondary N) is 1. The molecule has 2 unspecified atom stereocenters. The second kappa shape index (κ2) is 9.16. The van der Waals surface area contributed by atoms with Gasteiger partial charge in [-0.1, -0.05) is 23.1 Å². The summed E-state index contributed by atoms with van der Waals surface area (Å²) in [5.41, 5.74) is -1.31. The van der Waals surface area contributed by atoms with Gasteiger partial charge in [-0.25, -0.2) is 4.79 Å². The zero-order valence-electron chi connectivity index (χ0n) is 17.2. The number of nitrogens with zero attached hydrogens (tertiary/aromatic N) is 5. The maximum Gasteiger partial charge on any atom is 0.436 e. The molecule has 10 nitrogen and oxygen atoms in total. The number of amides is 2. The van der Waals surface area contributed by atoms with E-state index >= 15 is 0 Å². The normalized spacial score (nSPS) is 20.3. The number of halogens is 4. The Morgan fingerprint density at radius 2 is 2.06 bits per heavy atom. The first kappa shape index (κ1) is 25.0. The number of hydrogen-bond donors (Lipinski definition) is 2. The van der Waals surface area contributed by atoms with Crippen LogP contribution in [-0.4, -0.2) is 70.7 Å². The number of fused-ring (bicyclic) bond motifs is 1. The van der Waals surface area contributed by atoms with E-state index in [-0.39, 0.29) is 5.70 Å². The minimum atomic E-state index is -4.78. The van der Waals surface area contributed by atoms with E-state index in [0.29, 0.717) is 21.4 Å². The van der Waals surface area contributed by atoms with Crippen LogP contribution in [0.3, 0.4) is 0 Å². The lowest BCUT2D eigenvalue weighted by atomic mass is 10.0. The fraction of sp³-hybridized carbons (Fsp3) is 0.412. The van der Waals surface area contributed by atoms with E-state index < -0.39 is 51.2 Å². The first-order chi connectivity index (χ1) is 15.9. The maximum absolute atomic E-state index is 13.1. The summed E-state index contributed by atoms with van der Waals surface area (Å²) in [4.78, 5) is 38.5. The van der Waals surface area contributed by atoms with Gasteiger partial charge in [0.25, 0.3) is 11.8 Å². The van der Waals surface area contributed by atoms with E-state index in [1.807, 2.05) is 0 Å². The molecule has 34 heavy (non-hydrogen) atoms. The van der Waals surface area contributed by atoms with Crippen molar-refractivity contribution >= 4 is 68.6 Å². The van der Waals surface area contributed by atoms with Gasteiger partial charge in [0, 0.05) is 18.6 Å². The quantitative estimate of drug-likeness (QED) is 0.380. The molecule has 2 aliphatic heterocycles. The molecule has 1 fully saturated rings. The molecule has 2 aromatic heterocycles. The van der Waals surface area contributed by atoms with Crippen LogP contribution in [0, 0.1) is 6.92 Å². The van der Waals surface area contributed by atoms with Crippen LogP contribution < -0.4 is 5.32 Å². The van der Waals surface area contributed by atoms with Crippen LogP contribution in [0.5, 0.6) is 0 Å². The van der Waals surface area contributed by atoms with Gasteiger partial charge in [0.1, 0.15) is 27.8 Å². The molecule has 0 aliphatic carbocycles. The van der Waals surface area contributed by atoms with E-state index in [0.717, 1.165) is 14.6 Å². The number of alkyl halides is 3. The molecule has 0 spiro atoms. The van der Waals surface area contributed by atoms with Gasteiger partial charge < -0.3 is 10.4 Å². The van der Waals surface area contributed by atoms with E-state index in [4.69, 9.17) is 0 Å². The van der Waals surface area contributed by atoms with Gasteiger partial charge in [-0.05, 0) is 28.4 Å². The van der Waals surface area contributed by atoms with Crippen LogP contribution >= 0.6 is 50.8 Å². The number of carbonyl (C=O) groups is 3. The lowest BCUT2D eigenvalue weighted by Crippen LogP contribution is -2.70. The number of carboxylic acid groups (broad SMARTS) is 1. The average Bonchev–Trinajstić information content (AvgIpc) is 3.31. The largest absolute Gasteiger partial charge is 0.477 e. The van der Waals surface area contributed by atoms with Gasteiger partial charge in [0.2, 0.25) is 0 Å². The summed E-state index contributed by atoms with van der Waals surface area (Å²) >= 11 is 6.70. The lowest BCUT2D eigenvalue weighted by molar-refractivity contribution is -0.148. The number of β-lactam (4-membered cyclic amide) rings is 1. The summed E-state index contributed by atoms with van der Waals surface area (Å²) in [7, 11) is 1.17. The molecule has 4 rings (SSSR count). The van der Waals surface area contributed by atoms with Crippen molar-refractivity contribution in [2.24, 2.45) is 7.05 Å². The summed E-state index contributed by atoms with van der Waals surface area (Å²) in [5.74, 6) is -2.30. The summed E-state index contributed by atoms with van der Waals surface area (Å²) in [5, 5.41) is 23.5. The minimum Gasteiger partial charge on any atom is -0.477 e. The maximum atomic E-state index is 13.1.